The van der Waals surface area contributed by atoms with Crippen molar-refractivity contribution in [3.8, 4) is 0 Å². The van der Waals surface area contributed by atoms with E-state index in [2.05, 4.69) is 73.3 Å². The topological polar surface area (TPSA) is 9.23 Å². The first-order valence-electron chi connectivity index (χ1n) is 14.9. The monoisotopic (exact) mass is 484 g/mol. The van der Waals surface area contributed by atoms with Crippen LogP contribution in [-0.4, -0.2) is 14.4 Å². The maximum Gasteiger partial charge on any atom is 0.184 e. The summed E-state index contributed by atoms with van der Waals surface area (Å²) in [5.74, 6) is 5.30. The molecule has 0 N–H and O–H groups in total. The molecule has 34 heavy (non-hydrogen) atoms. The summed E-state index contributed by atoms with van der Waals surface area (Å²) in [5, 5.41) is 0. The van der Waals surface area contributed by atoms with Gasteiger partial charge in [0.25, 0.3) is 0 Å². The average molecular weight is 485 g/mol. The van der Waals surface area contributed by atoms with Crippen molar-refractivity contribution in [3.63, 3.8) is 0 Å². The molecule has 8 atom stereocenters. The molecule has 2 heteroatoms. The Bertz CT molecular complexity index is 787. The SMILES string of the molecule is C/C=C(/CCC(C)C1CCC2C3CC=C4CC(O[Si](C)(C)C)CCC4(C)C3CCC12C)C(C)C. The van der Waals surface area contributed by atoms with Gasteiger partial charge in [-0.3, -0.25) is 0 Å². The van der Waals surface area contributed by atoms with Crippen molar-refractivity contribution in [2.24, 2.45) is 46.3 Å². The summed E-state index contributed by atoms with van der Waals surface area (Å²) in [4.78, 5) is 0. The van der Waals surface area contributed by atoms with E-state index in [-0.39, 0.29) is 0 Å². The molecule has 4 aliphatic rings. The lowest BCUT2D eigenvalue weighted by atomic mass is 9.47. The average Bonchev–Trinajstić information content (AvgIpc) is 3.10. The van der Waals surface area contributed by atoms with Crippen molar-refractivity contribution in [1.82, 2.24) is 0 Å². The second kappa shape index (κ2) is 9.84. The Morgan fingerprint density at radius 1 is 1.06 bits per heavy atom. The molecule has 0 aromatic carbocycles. The fourth-order valence-corrected chi connectivity index (χ4v) is 10.8. The van der Waals surface area contributed by atoms with Crippen LogP contribution < -0.4 is 0 Å². The van der Waals surface area contributed by atoms with Crippen LogP contribution in [0.1, 0.15) is 106 Å². The molecule has 3 fully saturated rings. The predicted octanol–water partition coefficient (Wildman–Crippen LogP) is 9.80. The summed E-state index contributed by atoms with van der Waals surface area (Å²) >= 11 is 0. The van der Waals surface area contributed by atoms with E-state index in [0.717, 1.165) is 29.6 Å². The number of fused-ring (bicyclic) bond motifs is 5. The summed E-state index contributed by atoms with van der Waals surface area (Å²) in [6.07, 6.45) is 19.4. The van der Waals surface area contributed by atoms with Gasteiger partial charge in [-0.2, -0.15) is 0 Å². The summed E-state index contributed by atoms with van der Waals surface area (Å²) < 4.78 is 6.59. The van der Waals surface area contributed by atoms with Crippen molar-refractivity contribution >= 4 is 8.32 Å². The van der Waals surface area contributed by atoms with E-state index >= 15 is 0 Å². The molecule has 4 rings (SSSR count). The number of rotatable bonds is 7. The molecule has 0 radical (unpaired) electrons. The highest BCUT2D eigenvalue weighted by Gasteiger charge is 2.59. The van der Waals surface area contributed by atoms with E-state index < -0.39 is 8.32 Å². The minimum absolute atomic E-state index is 0.450. The van der Waals surface area contributed by atoms with Crippen molar-refractivity contribution in [1.29, 1.82) is 0 Å². The van der Waals surface area contributed by atoms with Gasteiger partial charge in [-0.1, -0.05) is 57.9 Å². The fraction of sp³-hybridized carbons (Fsp3) is 0.875. The third kappa shape index (κ3) is 4.93. The van der Waals surface area contributed by atoms with Gasteiger partial charge in [0.15, 0.2) is 8.32 Å². The zero-order valence-electron chi connectivity index (χ0n) is 24.2. The zero-order chi connectivity index (χ0) is 24.9. The summed E-state index contributed by atoms with van der Waals surface area (Å²) in [7, 11) is -1.46. The van der Waals surface area contributed by atoms with E-state index in [9.17, 15) is 0 Å². The highest BCUT2D eigenvalue weighted by atomic mass is 28.4. The maximum atomic E-state index is 6.59. The quantitative estimate of drug-likeness (QED) is 0.258. The molecule has 3 saturated carbocycles. The van der Waals surface area contributed by atoms with Gasteiger partial charge in [0.05, 0.1) is 0 Å². The molecule has 0 spiro atoms. The van der Waals surface area contributed by atoms with Crippen molar-refractivity contribution in [2.75, 3.05) is 0 Å². The molecular weight excluding hydrogens is 428 g/mol. The minimum Gasteiger partial charge on any atom is -0.414 e. The fourth-order valence-electron chi connectivity index (χ4n) is 9.57. The summed E-state index contributed by atoms with van der Waals surface area (Å²) in [6, 6.07) is 0. The minimum atomic E-state index is -1.46. The lowest BCUT2D eigenvalue weighted by molar-refractivity contribution is -0.0561. The van der Waals surface area contributed by atoms with Crippen molar-refractivity contribution in [3.05, 3.63) is 23.3 Å². The Hall–Kier alpha value is -0.343. The van der Waals surface area contributed by atoms with Gasteiger partial charge in [0, 0.05) is 6.10 Å². The van der Waals surface area contributed by atoms with Gasteiger partial charge >= 0.3 is 0 Å². The smallest absolute Gasteiger partial charge is 0.184 e. The Morgan fingerprint density at radius 3 is 2.44 bits per heavy atom. The van der Waals surface area contributed by atoms with Gasteiger partial charge in [-0.15, -0.1) is 0 Å². The van der Waals surface area contributed by atoms with Gasteiger partial charge in [-0.25, -0.2) is 0 Å². The summed E-state index contributed by atoms with van der Waals surface area (Å²) in [6.45, 7) is 22.0. The maximum absolute atomic E-state index is 6.59. The molecule has 8 unspecified atom stereocenters. The first-order chi connectivity index (χ1) is 15.9. The van der Waals surface area contributed by atoms with Crippen molar-refractivity contribution < 1.29 is 4.43 Å². The molecule has 4 aliphatic carbocycles. The second-order valence-corrected chi connectivity index (χ2v) is 19.1. The van der Waals surface area contributed by atoms with E-state index in [1.54, 1.807) is 11.1 Å². The molecule has 0 bridgehead atoms. The highest BCUT2D eigenvalue weighted by Crippen LogP contribution is 2.67. The lowest BCUT2D eigenvalue weighted by Gasteiger charge is -2.58. The third-order valence-electron chi connectivity index (χ3n) is 11.3. The second-order valence-electron chi connectivity index (χ2n) is 14.6. The summed E-state index contributed by atoms with van der Waals surface area (Å²) in [5.41, 5.74) is 4.48. The lowest BCUT2D eigenvalue weighted by Crippen LogP contribution is -2.51. The van der Waals surface area contributed by atoms with Gasteiger partial charge in [0.2, 0.25) is 0 Å². The van der Waals surface area contributed by atoms with Crippen LogP contribution >= 0.6 is 0 Å². The molecule has 0 heterocycles. The molecule has 0 amide bonds. The number of hydrogen-bond acceptors (Lipinski definition) is 1. The van der Waals surface area contributed by atoms with Crippen LogP contribution in [0.25, 0.3) is 0 Å². The first-order valence-corrected chi connectivity index (χ1v) is 18.3. The van der Waals surface area contributed by atoms with Crippen LogP contribution in [0, 0.1) is 46.3 Å². The molecule has 1 nitrogen and oxygen atoms in total. The van der Waals surface area contributed by atoms with Crippen LogP contribution in [0.3, 0.4) is 0 Å². The first kappa shape index (κ1) is 26.7. The Balaban J connectivity index is 1.46. The molecule has 0 aliphatic heterocycles. The largest absolute Gasteiger partial charge is 0.414 e. The standard InChI is InChI=1S/C32H56OSi/c1-10-24(22(2)3)12-11-23(4)28-15-16-29-27-14-13-25-21-26(33-34(7,8)9)17-19-31(25,5)30(27)18-20-32(28,29)6/h10,13,22-23,26-30H,11-12,14-21H2,1-9H3/b24-10-. The van der Waals surface area contributed by atoms with E-state index in [0.29, 0.717) is 22.9 Å². The van der Waals surface area contributed by atoms with E-state index in [1.807, 2.05) is 0 Å². The van der Waals surface area contributed by atoms with Crippen LogP contribution in [0.15, 0.2) is 23.3 Å². The Morgan fingerprint density at radius 2 is 1.79 bits per heavy atom. The van der Waals surface area contributed by atoms with Crippen LogP contribution in [0.5, 0.6) is 0 Å². The van der Waals surface area contributed by atoms with Crippen LogP contribution in [-0.2, 0) is 4.43 Å². The van der Waals surface area contributed by atoms with Crippen molar-refractivity contribution in [2.45, 2.75) is 131 Å². The van der Waals surface area contributed by atoms with E-state index in [4.69, 9.17) is 4.43 Å². The molecule has 0 aromatic rings. The highest BCUT2D eigenvalue weighted by molar-refractivity contribution is 6.69. The zero-order valence-corrected chi connectivity index (χ0v) is 25.2. The molecular formula is C32H56OSi. The van der Waals surface area contributed by atoms with Gasteiger partial charge < -0.3 is 4.43 Å². The molecule has 194 valence electrons. The Kier molecular flexibility index (Phi) is 7.73. The molecule has 0 saturated heterocycles. The van der Waals surface area contributed by atoms with Crippen LogP contribution in [0.4, 0.5) is 0 Å². The Labute approximate surface area is 213 Å². The van der Waals surface area contributed by atoms with Gasteiger partial charge in [-0.05, 0) is 137 Å². The number of allylic oxidation sites excluding steroid dienone is 3. The van der Waals surface area contributed by atoms with Crippen LogP contribution in [0.2, 0.25) is 19.6 Å². The van der Waals surface area contributed by atoms with Gasteiger partial charge in [0.1, 0.15) is 0 Å². The third-order valence-corrected chi connectivity index (χ3v) is 12.4. The molecule has 0 aromatic heterocycles. The normalized spacial score (nSPS) is 41.5. The van der Waals surface area contributed by atoms with E-state index in [1.165, 1.54) is 64.2 Å². The number of hydrogen-bond donors (Lipinski definition) is 0. The predicted molar refractivity (Wildman–Crippen MR) is 150 cm³/mol.